The molecular weight excluding hydrogens is 220 g/mol. The van der Waals surface area contributed by atoms with Gasteiger partial charge in [0.15, 0.2) is 0 Å². The monoisotopic (exact) mass is 248 g/mol. The van der Waals surface area contributed by atoms with Crippen molar-refractivity contribution in [3.63, 3.8) is 0 Å². The van der Waals surface area contributed by atoms with Crippen molar-refractivity contribution in [2.45, 2.75) is 52.0 Å². The van der Waals surface area contributed by atoms with Crippen LogP contribution in [0.15, 0.2) is 24.3 Å². The number of anilines is 1. The Hall–Kier alpha value is -1.02. The molecule has 0 heterocycles. The van der Waals surface area contributed by atoms with E-state index in [1.165, 1.54) is 43.4 Å². The van der Waals surface area contributed by atoms with Crippen molar-refractivity contribution in [1.29, 1.82) is 0 Å². The second kappa shape index (κ2) is 8.98. The Labute approximate surface area is 112 Å². The van der Waals surface area contributed by atoms with E-state index in [1.54, 1.807) is 0 Å². The van der Waals surface area contributed by atoms with E-state index in [1.807, 2.05) is 0 Å². The van der Waals surface area contributed by atoms with Gasteiger partial charge in [0.2, 0.25) is 0 Å². The van der Waals surface area contributed by atoms with Crippen molar-refractivity contribution in [3.05, 3.63) is 29.8 Å². The standard InChI is InChI=1S/C16H28N2/c1-4-15(17-3)8-6-5-7-13-18-16-11-9-14(2)10-12-16/h9-12,15,17-18H,4-8,13H2,1-3H3. The minimum Gasteiger partial charge on any atom is -0.385 e. The number of rotatable bonds is 9. The normalized spacial score (nSPS) is 12.4. The molecule has 1 aromatic rings. The highest BCUT2D eigenvalue weighted by atomic mass is 14.9. The third-order valence-electron chi connectivity index (χ3n) is 3.51. The van der Waals surface area contributed by atoms with Crippen molar-refractivity contribution in [3.8, 4) is 0 Å². The molecule has 0 aliphatic heterocycles. The number of aryl methyl sites for hydroxylation is 1. The molecule has 1 rings (SSSR count). The van der Waals surface area contributed by atoms with Gasteiger partial charge in [-0.25, -0.2) is 0 Å². The minimum atomic E-state index is 0.704. The van der Waals surface area contributed by atoms with Gasteiger partial charge in [-0.1, -0.05) is 37.5 Å². The Morgan fingerprint density at radius 1 is 1.06 bits per heavy atom. The smallest absolute Gasteiger partial charge is 0.0340 e. The van der Waals surface area contributed by atoms with Crippen LogP contribution >= 0.6 is 0 Å². The molecule has 2 nitrogen and oxygen atoms in total. The van der Waals surface area contributed by atoms with Crippen molar-refractivity contribution in [2.75, 3.05) is 18.9 Å². The summed E-state index contributed by atoms with van der Waals surface area (Å²) in [5.41, 5.74) is 2.56. The zero-order valence-electron chi connectivity index (χ0n) is 12.1. The van der Waals surface area contributed by atoms with Crippen LogP contribution in [0, 0.1) is 6.92 Å². The first-order valence-electron chi connectivity index (χ1n) is 7.24. The van der Waals surface area contributed by atoms with Crippen LogP contribution in [-0.2, 0) is 0 Å². The third kappa shape index (κ3) is 6.06. The van der Waals surface area contributed by atoms with Gasteiger partial charge < -0.3 is 10.6 Å². The molecule has 0 aromatic heterocycles. The second-order valence-corrected chi connectivity index (χ2v) is 5.04. The lowest BCUT2D eigenvalue weighted by Crippen LogP contribution is -2.23. The van der Waals surface area contributed by atoms with Gasteiger partial charge in [-0.15, -0.1) is 0 Å². The SMILES string of the molecule is CCC(CCCCCNc1ccc(C)cc1)NC. The number of nitrogens with one attached hydrogen (secondary N) is 2. The maximum absolute atomic E-state index is 3.47. The topological polar surface area (TPSA) is 24.1 Å². The molecular formula is C16H28N2. The van der Waals surface area contributed by atoms with Crippen LogP contribution in [0.2, 0.25) is 0 Å². The maximum Gasteiger partial charge on any atom is 0.0340 e. The molecule has 2 heteroatoms. The summed E-state index contributed by atoms with van der Waals surface area (Å²) in [6.45, 7) is 5.45. The van der Waals surface area contributed by atoms with Gasteiger partial charge in [-0.3, -0.25) is 0 Å². The zero-order chi connectivity index (χ0) is 13.2. The quantitative estimate of drug-likeness (QED) is 0.646. The Morgan fingerprint density at radius 3 is 2.39 bits per heavy atom. The number of benzene rings is 1. The molecule has 2 N–H and O–H groups in total. The molecule has 0 fully saturated rings. The predicted molar refractivity (Wildman–Crippen MR) is 81.3 cm³/mol. The number of unbranched alkanes of at least 4 members (excludes halogenated alkanes) is 2. The molecule has 0 aliphatic carbocycles. The third-order valence-corrected chi connectivity index (χ3v) is 3.51. The Kier molecular flexibility index (Phi) is 7.51. The van der Waals surface area contributed by atoms with Gasteiger partial charge in [0.1, 0.15) is 0 Å². The highest BCUT2D eigenvalue weighted by Crippen LogP contribution is 2.10. The van der Waals surface area contributed by atoms with E-state index in [0.29, 0.717) is 6.04 Å². The van der Waals surface area contributed by atoms with E-state index < -0.39 is 0 Å². The van der Waals surface area contributed by atoms with Crippen LogP contribution in [0.25, 0.3) is 0 Å². The van der Waals surface area contributed by atoms with E-state index in [4.69, 9.17) is 0 Å². The van der Waals surface area contributed by atoms with Crippen LogP contribution < -0.4 is 10.6 Å². The van der Waals surface area contributed by atoms with Gasteiger partial charge in [0, 0.05) is 18.3 Å². The summed E-state index contributed by atoms with van der Waals surface area (Å²) >= 11 is 0. The first kappa shape index (κ1) is 15.0. The first-order chi connectivity index (χ1) is 8.76. The van der Waals surface area contributed by atoms with E-state index in [-0.39, 0.29) is 0 Å². The molecule has 0 bridgehead atoms. The lowest BCUT2D eigenvalue weighted by molar-refractivity contribution is 0.479. The van der Waals surface area contributed by atoms with Gasteiger partial charge in [0.25, 0.3) is 0 Å². The second-order valence-electron chi connectivity index (χ2n) is 5.04. The zero-order valence-corrected chi connectivity index (χ0v) is 12.1. The molecule has 102 valence electrons. The van der Waals surface area contributed by atoms with Crippen LogP contribution in [0.3, 0.4) is 0 Å². The van der Waals surface area contributed by atoms with E-state index in [0.717, 1.165) is 6.54 Å². The van der Waals surface area contributed by atoms with Gasteiger partial charge in [-0.05, 0) is 45.4 Å². The van der Waals surface area contributed by atoms with Crippen molar-refractivity contribution in [1.82, 2.24) is 5.32 Å². The first-order valence-corrected chi connectivity index (χ1v) is 7.24. The Bertz CT molecular complexity index is 301. The van der Waals surface area contributed by atoms with Crippen molar-refractivity contribution in [2.24, 2.45) is 0 Å². The molecule has 0 saturated heterocycles. The lowest BCUT2D eigenvalue weighted by Gasteiger charge is -2.13. The van der Waals surface area contributed by atoms with Crippen molar-refractivity contribution >= 4 is 5.69 Å². The highest BCUT2D eigenvalue weighted by Gasteiger charge is 2.01. The summed E-state index contributed by atoms with van der Waals surface area (Å²) in [5, 5.41) is 6.83. The minimum absolute atomic E-state index is 0.704. The summed E-state index contributed by atoms with van der Waals surface area (Å²) in [6.07, 6.45) is 6.44. The van der Waals surface area contributed by atoms with E-state index in [2.05, 4.69) is 55.8 Å². The van der Waals surface area contributed by atoms with Crippen LogP contribution in [0.4, 0.5) is 5.69 Å². The molecule has 0 aliphatic rings. The largest absolute Gasteiger partial charge is 0.385 e. The molecule has 1 atom stereocenters. The molecule has 0 saturated carbocycles. The summed E-state index contributed by atoms with van der Waals surface area (Å²) in [7, 11) is 2.06. The summed E-state index contributed by atoms with van der Waals surface area (Å²) in [6, 6.07) is 9.32. The fourth-order valence-electron chi connectivity index (χ4n) is 2.15. The molecule has 1 aromatic carbocycles. The van der Waals surface area contributed by atoms with E-state index in [9.17, 15) is 0 Å². The highest BCUT2D eigenvalue weighted by molar-refractivity contribution is 5.44. The van der Waals surface area contributed by atoms with Crippen molar-refractivity contribution < 1.29 is 0 Å². The molecule has 0 radical (unpaired) electrons. The number of hydrogen-bond acceptors (Lipinski definition) is 2. The molecule has 18 heavy (non-hydrogen) atoms. The predicted octanol–water partition coefficient (Wildman–Crippen LogP) is 3.97. The molecule has 0 spiro atoms. The van der Waals surface area contributed by atoms with Crippen LogP contribution in [-0.4, -0.2) is 19.6 Å². The molecule has 1 unspecified atom stereocenters. The summed E-state index contributed by atoms with van der Waals surface area (Å²) in [4.78, 5) is 0. The average Bonchev–Trinajstić information content (AvgIpc) is 2.40. The summed E-state index contributed by atoms with van der Waals surface area (Å²) < 4.78 is 0. The van der Waals surface area contributed by atoms with Crippen LogP contribution in [0.1, 0.15) is 44.6 Å². The molecule has 0 amide bonds. The van der Waals surface area contributed by atoms with Gasteiger partial charge >= 0.3 is 0 Å². The van der Waals surface area contributed by atoms with Gasteiger partial charge in [0.05, 0.1) is 0 Å². The van der Waals surface area contributed by atoms with Gasteiger partial charge in [-0.2, -0.15) is 0 Å². The Balaban J connectivity index is 2.03. The van der Waals surface area contributed by atoms with Crippen LogP contribution in [0.5, 0.6) is 0 Å². The Morgan fingerprint density at radius 2 is 1.78 bits per heavy atom. The average molecular weight is 248 g/mol. The number of hydrogen-bond donors (Lipinski definition) is 2. The van der Waals surface area contributed by atoms with E-state index >= 15 is 0 Å². The fraction of sp³-hybridized carbons (Fsp3) is 0.625. The maximum atomic E-state index is 3.47. The lowest BCUT2D eigenvalue weighted by atomic mass is 10.1. The fourth-order valence-corrected chi connectivity index (χ4v) is 2.15. The summed E-state index contributed by atoms with van der Waals surface area (Å²) in [5.74, 6) is 0.